The van der Waals surface area contributed by atoms with Crippen molar-refractivity contribution in [3.05, 3.63) is 48.0 Å². The lowest BCUT2D eigenvalue weighted by Gasteiger charge is -2.34. The number of nitrogens with one attached hydrogen (secondary N) is 1. The number of hydrogen-bond acceptors (Lipinski definition) is 4. The van der Waals surface area contributed by atoms with Crippen molar-refractivity contribution >= 4 is 5.82 Å². The molecule has 0 saturated carbocycles. The molecule has 23 heavy (non-hydrogen) atoms. The van der Waals surface area contributed by atoms with E-state index in [0.717, 1.165) is 50.3 Å². The summed E-state index contributed by atoms with van der Waals surface area (Å²) in [7, 11) is 0. The highest BCUT2D eigenvalue weighted by Gasteiger charge is 2.31. The molecule has 4 nitrogen and oxygen atoms in total. The summed E-state index contributed by atoms with van der Waals surface area (Å²) < 4.78 is 42.8. The molecule has 2 aromatic rings. The number of halogens is 3. The predicted octanol–water partition coefficient (Wildman–Crippen LogP) is 3.45. The molecule has 0 aliphatic carbocycles. The molecule has 2 aromatic heterocycles. The zero-order chi connectivity index (χ0) is 16.3. The highest BCUT2D eigenvalue weighted by molar-refractivity contribution is 5.40. The van der Waals surface area contributed by atoms with E-state index in [0.29, 0.717) is 5.82 Å². The molecule has 1 atom stereocenters. The van der Waals surface area contributed by atoms with Gasteiger partial charge in [0.25, 0.3) is 0 Å². The van der Waals surface area contributed by atoms with Gasteiger partial charge in [-0.1, -0.05) is 0 Å². The smallest absolute Gasteiger partial charge is 0.417 e. The SMILES string of the molecule is FC(F)(F)c1ccc(N2CCC[C@@H](NCc3ccoc3)C2)nc1. The predicted molar refractivity (Wildman–Crippen MR) is 80.0 cm³/mol. The molecular formula is C16H18F3N3O. The number of aromatic nitrogens is 1. The fourth-order valence-corrected chi connectivity index (χ4v) is 2.75. The first kappa shape index (κ1) is 15.9. The topological polar surface area (TPSA) is 41.3 Å². The standard InChI is InChI=1S/C16H18F3N3O/c17-16(18,19)13-3-4-15(21-9-13)22-6-1-2-14(10-22)20-8-12-5-7-23-11-12/h3-5,7,9,11,14,20H,1-2,6,8,10H2/t14-/m1/s1. The van der Waals surface area contributed by atoms with E-state index >= 15 is 0 Å². The minimum atomic E-state index is -4.35. The molecule has 1 aliphatic heterocycles. The third-order valence-electron chi connectivity index (χ3n) is 4.00. The zero-order valence-corrected chi connectivity index (χ0v) is 12.5. The Hall–Kier alpha value is -2.02. The number of nitrogens with zero attached hydrogens (tertiary/aromatic N) is 2. The molecule has 0 bridgehead atoms. The van der Waals surface area contributed by atoms with Crippen LogP contribution in [0.2, 0.25) is 0 Å². The molecule has 3 rings (SSSR count). The van der Waals surface area contributed by atoms with Crippen LogP contribution in [0.5, 0.6) is 0 Å². The maximum absolute atomic E-state index is 12.6. The largest absolute Gasteiger partial charge is 0.472 e. The van der Waals surface area contributed by atoms with E-state index in [2.05, 4.69) is 10.3 Å². The molecule has 0 aromatic carbocycles. The highest BCUT2D eigenvalue weighted by Crippen LogP contribution is 2.29. The van der Waals surface area contributed by atoms with Gasteiger partial charge >= 0.3 is 6.18 Å². The second kappa shape index (κ2) is 6.62. The van der Waals surface area contributed by atoms with Crippen LogP contribution in [0.3, 0.4) is 0 Å². The normalized spacial score (nSPS) is 19.1. The van der Waals surface area contributed by atoms with Crippen LogP contribution in [0.25, 0.3) is 0 Å². The van der Waals surface area contributed by atoms with E-state index in [1.165, 1.54) is 6.07 Å². The third kappa shape index (κ3) is 4.04. The summed E-state index contributed by atoms with van der Waals surface area (Å²) in [6.45, 7) is 2.26. The molecule has 0 spiro atoms. The number of pyridine rings is 1. The van der Waals surface area contributed by atoms with Crippen molar-refractivity contribution < 1.29 is 17.6 Å². The number of anilines is 1. The van der Waals surface area contributed by atoms with Gasteiger partial charge in [0, 0.05) is 37.4 Å². The maximum Gasteiger partial charge on any atom is 0.417 e. The molecular weight excluding hydrogens is 307 g/mol. The van der Waals surface area contributed by atoms with E-state index in [1.54, 1.807) is 12.5 Å². The van der Waals surface area contributed by atoms with Crippen molar-refractivity contribution in [2.75, 3.05) is 18.0 Å². The van der Waals surface area contributed by atoms with Crippen LogP contribution in [0, 0.1) is 0 Å². The van der Waals surface area contributed by atoms with E-state index in [1.807, 2.05) is 11.0 Å². The van der Waals surface area contributed by atoms with Gasteiger partial charge in [0.2, 0.25) is 0 Å². The Balaban J connectivity index is 1.59. The minimum absolute atomic E-state index is 0.280. The Kier molecular flexibility index (Phi) is 4.56. The molecule has 1 N–H and O–H groups in total. The second-order valence-corrected chi connectivity index (χ2v) is 5.70. The van der Waals surface area contributed by atoms with Crippen molar-refractivity contribution in [1.29, 1.82) is 0 Å². The van der Waals surface area contributed by atoms with Gasteiger partial charge in [0.05, 0.1) is 18.1 Å². The summed E-state index contributed by atoms with van der Waals surface area (Å²) in [6.07, 6.45) is 1.90. The summed E-state index contributed by atoms with van der Waals surface area (Å²) in [4.78, 5) is 6.00. The molecule has 0 radical (unpaired) electrons. The molecule has 3 heterocycles. The Morgan fingerprint density at radius 2 is 2.17 bits per heavy atom. The van der Waals surface area contributed by atoms with Crippen LogP contribution in [-0.2, 0) is 12.7 Å². The van der Waals surface area contributed by atoms with E-state index < -0.39 is 11.7 Å². The summed E-state index contributed by atoms with van der Waals surface area (Å²) in [5.74, 6) is 0.591. The van der Waals surface area contributed by atoms with Crippen LogP contribution in [-0.4, -0.2) is 24.1 Å². The molecule has 1 aliphatic rings. The molecule has 1 fully saturated rings. The Morgan fingerprint density at radius 3 is 2.83 bits per heavy atom. The van der Waals surface area contributed by atoms with Gasteiger partial charge in [-0.05, 0) is 31.0 Å². The fraction of sp³-hybridized carbons (Fsp3) is 0.438. The summed E-state index contributed by atoms with van der Waals surface area (Å²) >= 11 is 0. The third-order valence-corrected chi connectivity index (χ3v) is 4.00. The number of hydrogen-bond donors (Lipinski definition) is 1. The monoisotopic (exact) mass is 325 g/mol. The van der Waals surface area contributed by atoms with Gasteiger partial charge in [0.15, 0.2) is 0 Å². The number of rotatable bonds is 4. The van der Waals surface area contributed by atoms with Crippen molar-refractivity contribution in [3.8, 4) is 0 Å². The number of furan rings is 1. The van der Waals surface area contributed by atoms with E-state index in [9.17, 15) is 13.2 Å². The first-order valence-electron chi connectivity index (χ1n) is 7.55. The van der Waals surface area contributed by atoms with Crippen molar-refractivity contribution in [1.82, 2.24) is 10.3 Å². The van der Waals surface area contributed by atoms with Crippen LogP contribution >= 0.6 is 0 Å². The maximum atomic E-state index is 12.6. The summed E-state index contributed by atoms with van der Waals surface area (Å²) in [6, 6.07) is 4.72. The van der Waals surface area contributed by atoms with Gasteiger partial charge < -0.3 is 14.6 Å². The molecule has 7 heteroatoms. The second-order valence-electron chi connectivity index (χ2n) is 5.70. The van der Waals surface area contributed by atoms with Crippen molar-refractivity contribution in [3.63, 3.8) is 0 Å². The van der Waals surface area contributed by atoms with E-state index in [-0.39, 0.29) is 6.04 Å². The Bertz CT molecular complexity index is 611. The van der Waals surface area contributed by atoms with Crippen molar-refractivity contribution in [2.45, 2.75) is 31.6 Å². The van der Waals surface area contributed by atoms with Gasteiger partial charge in [0.1, 0.15) is 5.82 Å². The van der Waals surface area contributed by atoms with Crippen LogP contribution < -0.4 is 10.2 Å². The first-order valence-corrected chi connectivity index (χ1v) is 7.55. The lowest BCUT2D eigenvalue weighted by atomic mass is 10.1. The highest BCUT2D eigenvalue weighted by atomic mass is 19.4. The van der Waals surface area contributed by atoms with Gasteiger partial charge in [-0.2, -0.15) is 13.2 Å². The van der Waals surface area contributed by atoms with Crippen LogP contribution in [0.1, 0.15) is 24.0 Å². The Labute approximate surface area is 132 Å². The average Bonchev–Trinajstić information content (AvgIpc) is 3.06. The van der Waals surface area contributed by atoms with Crippen molar-refractivity contribution in [2.24, 2.45) is 0 Å². The molecule has 1 saturated heterocycles. The van der Waals surface area contributed by atoms with Gasteiger partial charge in [-0.25, -0.2) is 4.98 Å². The van der Waals surface area contributed by atoms with Gasteiger partial charge in [-0.15, -0.1) is 0 Å². The lowest BCUT2D eigenvalue weighted by molar-refractivity contribution is -0.137. The summed E-state index contributed by atoms with van der Waals surface area (Å²) in [5.41, 5.74) is 0.364. The molecule has 0 unspecified atom stereocenters. The summed E-state index contributed by atoms with van der Waals surface area (Å²) in [5, 5.41) is 3.45. The number of alkyl halides is 3. The lowest BCUT2D eigenvalue weighted by Crippen LogP contribution is -2.45. The average molecular weight is 325 g/mol. The van der Waals surface area contributed by atoms with Crippen LogP contribution in [0.4, 0.5) is 19.0 Å². The molecule has 0 amide bonds. The quantitative estimate of drug-likeness (QED) is 0.935. The van der Waals surface area contributed by atoms with Gasteiger partial charge in [-0.3, -0.25) is 0 Å². The van der Waals surface area contributed by atoms with E-state index in [4.69, 9.17) is 4.42 Å². The van der Waals surface area contributed by atoms with Crippen LogP contribution in [0.15, 0.2) is 41.3 Å². The first-order chi connectivity index (χ1) is 11.0. The molecule has 124 valence electrons. The number of piperidine rings is 1. The minimum Gasteiger partial charge on any atom is -0.472 e. The zero-order valence-electron chi connectivity index (χ0n) is 12.5. The fourth-order valence-electron chi connectivity index (χ4n) is 2.75. The Morgan fingerprint density at radius 1 is 1.30 bits per heavy atom.